The number of amides is 1. The van der Waals surface area contributed by atoms with Crippen LogP contribution in [-0.4, -0.2) is 31.1 Å². The van der Waals surface area contributed by atoms with Gasteiger partial charge >= 0.3 is 0 Å². The summed E-state index contributed by atoms with van der Waals surface area (Å²) in [5, 5.41) is 6.58. The molecule has 0 aromatic heterocycles. The first-order valence-corrected chi connectivity index (χ1v) is 7.58. The van der Waals surface area contributed by atoms with E-state index >= 15 is 0 Å². The van der Waals surface area contributed by atoms with Crippen molar-refractivity contribution in [3.63, 3.8) is 0 Å². The monoisotopic (exact) mass is 273 g/mol. The molecule has 3 rings (SSSR count). The molecule has 1 amide bonds. The third-order valence-corrected chi connectivity index (χ3v) is 4.02. The highest BCUT2D eigenvalue weighted by atomic mass is 16.1. The van der Waals surface area contributed by atoms with Crippen LogP contribution < -0.4 is 15.5 Å². The smallest absolute Gasteiger partial charge is 0.221 e. The minimum absolute atomic E-state index is 0.190. The summed E-state index contributed by atoms with van der Waals surface area (Å²) in [5.41, 5.74) is 2.59. The van der Waals surface area contributed by atoms with Crippen LogP contribution in [0, 0.1) is 0 Å². The van der Waals surface area contributed by atoms with Crippen LogP contribution in [0.5, 0.6) is 0 Å². The van der Waals surface area contributed by atoms with E-state index in [9.17, 15) is 4.79 Å². The van der Waals surface area contributed by atoms with Gasteiger partial charge in [-0.05, 0) is 31.4 Å². The zero-order chi connectivity index (χ0) is 13.9. The first kappa shape index (κ1) is 13.4. The predicted molar refractivity (Wildman–Crippen MR) is 80.7 cm³/mol. The molecule has 20 heavy (non-hydrogen) atoms. The Morgan fingerprint density at radius 2 is 2.20 bits per heavy atom. The third kappa shape index (κ3) is 3.31. The topological polar surface area (TPSA) is 44.4 Å². The summed E-state index contributed by atoms with van der Waals surface area (Å²) in [7, 11) is 0. The number of hydrogen-bond acceptors (Lipinski definition) is 3. The van der Waals surface area contributed by atoms with Crippen LogP contribution in [-0.2, 0) is 11.3 Å². The Morgan fingerprint density at radius 1 is 1.40 bits per heavy atom. The van der Waals surface area contributed by atoms with Gasteiger partial charge in [-0.25, -0.2) is 0 Å². The van der Waals surface area contributed by atoms with Crippen LogP contribution in [0.1, 0.15) is 31.7 Å². The normalized spacial score (nSPS) is 22.1. The fraction of sp³-hybridized carbons (Fsp3) is 0.562. The number of fused-ring (bicyclic) bond motifs is 1. The highest BCUT2D eigenvalue weighted by molar-refractivity contribution is 5.77. The van der Waals surface area contributed by atoms with Crippen molar-refractivity contribution in [2.45, 2.75) is 44.8 Å². The van der Waals surface area contributed by atoms with Gasteiger partial charge in [0.15, 0.2) is 0 Å². The van der Waals surface area contributed by atoms with Gasteiger partial charge in [0.05, 0.1) is 0 Å². The minimum Gasteiger partial charge on any atom is -0.369 e. The van der Waals surface area contributed by atoms with Crippen LogP contribution in [0.15, 0.2) is 24.3 Å². The summed E-state index contributed by atoms with van der Waals surface area (Å²) in [6.45, 7) is 4.85. The van der Waals surface area contributed by atoms with E-state index in [1.54, 1.807) is 0 Å². The van der Waals surface area contributed by atoms with Crippen molar-refractivity contribution >= 4 is 11.6 Å². The lowest BCUT2D eigenvalue weighted by atomic mass is 10.1. The zero-order valence-electron chi connectivity index (χ0n) is 12.1. The molecule has 0 radical (unpaired) electrons. The molecule has 4 heteroatoms. The zero-order valence-corrected chi connectivity index (χ0v) is 12.1. The van der Waals surface area contributed by atoms with E-state index in [1.807, 2.05) is 0 Å². The maximum atomic E-state index is 11.9. The molecule has 0 bridgehead atoms. The molecule has 1 aliphatic heterocycles. The van der Waals surface area contributed by atoms with Crippen molar-refractivity contribution in [2.75, 3.05) is 18.0 Å². The lowest BCUT2D eigenvalue weighted by molar-refractivity contribution is -0.121. The highest BCUT2D eigenvalue weighted by Gasteiger charge is 2.24. The number of anilines is 1. The molecule has 1 unspecified atom stereocenters. The number of carbonyl (C=O) groups excluding carboxylic acids is 1. The van der Waals surface area contributed by atoms with Gasteiger partial charge in [0.2, 0.25) is 5.91 Å². The molecule has 1 fully saturated rings. The average molecular weight is 273 g/mol. The summed E-state index contributed by atoms with van der Waals surface area (Å²) < 4.78 is 0. The fourth-order valence-corrected chi connectivity index (χ4v) is 2.72. The van der Waals surface area contributed by atoms with Gasteiger partial charge in [0.25, 0.3) is 0 Å². The van der Waals surface area contributed by atoms with Gasteiger partial charge < -0.3 is 15.5 Å². The first-order chi connectivity index (χ1) is 9.72. The van der Waals surface area contributed by atoms with Crippen LogP contribution in [0.4, 0.5) is 5.69 Å². The Hall–Kier alpha value is -1.55. The van der Waals surface area contributed by atoms with E-state index in [2.05, 4.69) is 46.7 Å². The summed E-state index contributed by atoms with van der Waals surface area (Å²) in [6.07, 6.45) is 2.88. The van der Waals surface area contributed by atoms with Gasteiger partial charge in [-0.3, -0.25) is 4.79 Å². The number of nitrogens with zero attached hydrogens (tertiary/aromatic N) is 1. The molecule has 2 aliphatic rings. The second kappa shape index (κ2) is 5.83. The molecule has 108 valence electrons. The van der Waals surface area contributed by atoms with E-state index in [1.165, 1.54) is 11.3 Å². The van der Waals surface area contributed by atoms with Crippen LogP contribution in [0.2, 0.25) is 0 Å². The Kier molecular flexibility index (Phi) is 3.92. The van der Waals surface area contributed by atoms with Gasteiger partial charge in [0.1, 0.15) is 0 Å². The van der Waals surface area contributed by atoms with Crippen LogP contribution >= 0.6 is 0 Å². The van der Waals surface area contributed by atoms with Crippen LogP contribution in [0.3, 0.4) is 0 Å². The van der Waals surface area contributed by atoms with E-state index in [0.29, 0.717) is 18.5 Å². The molecule has 0 spiro atoms. The third-order valence-electron chi connectivity index (χ3n) is 4.02. The number of benzene rings is 1. The molecular formula is C16H23N3O. The van der Waals surface area contributed by atoms with Gasteiger partial charge in [-0.1, -0.05) is 18.2 Å². The Balaban J connectivity index is 1.65. The lowest BCUT2D eigenvalue weighted by Crippen LogP contribution is -2.38. The van der Waals surface area contributed by atoms with E-state index < -0.39 is 0 Å². The van der Waals surface area contributed by atoms with Crippen molar-refractivity contribution in [1.82, 2.24) is 10.6 Å². The van der Waals surface area contributed by atoms with E-state index in [4.69, 9.17) is 0 Å². The van der Waals surface area contributed by atoms with Crippen molar-refractivity contribution in [3.8, 4) is 0 Å². The van der Waals surface area contributed by atoms with Crippen molar-refractivity contribution in [1.29, 1.82) is 0 Å². The summed E-state index contributed by atoms with van der Waals surface area (Å²) in [6, 6.07) is 9.37. The molecule has 1 atom stereocenters. The van der Waals surface area contributed by atoms with Gasteiger partial charge in [-0.2, -0.15) is 0 Å². The molecule has 1 aromatic carbocycles. The summed E-state index contributed by atoms with van der Waals surface area (Å²) in [4.78, 5) is 14.2. The van der Waals surface area contributed by atoms with Crippen LogP contribution in [0.25, 0.3) is 0 Å². The SMILES string of the molecule is CC1CN(CCC(=O)NC2CC2)c2ccccc2CN1. The molecule has 0 saturated heterocycles. The maximum Gasteiger partial charge on any atom is 0.221 e. The predicted octanol–water partition coefficient (Wildman–Crippen LogP) is 1.65. The molecule has 2 N–H and O–H groups in total. The van der Waals surface area contributed by atoms with E-state index in [0.717, 1.165) is 32.5 Å². The molecule has 4 nitrogen and oxygen atoms in total. The summed E-state index contributed by atoms with van der Waals surface area (Å²) in [5.74, 6) is 0.190. The largest absolute Gasteiger partial charge is 0.369 e. The first-order valence-electron chi connectivity index (χ1n) is 7.58. The number of nitrogens with one attached hydrogen (secondary N) is 2. The summed E-state index contributed by atoms with van der Waals surface area (Å²) >= 11 is 0. The van der Waals surface area contributed by atoms with Crippen molar-refractivity contribution < 1.29 is 4.79 Å². The standard InChI is InChI=1S/C16H23N3O/c1-12-11-19(9-8-16(20)18-14-6-7-14)15-5-3-2-4-13(15)10-17-12/h2-5,12,14,17H,6-11H2,1H3,(H,18,20). The number of rotatable bonds is 4. The molecule has 1 saturated carbocycles. The van der Waals surface area contributed by atoms with Gasteiger partial charge in [0, 0.05) is 43.8 Å². The molecule has 1 heterocycles. The molecule has 1 aliphatic carbocycles. The average Bonchev–Trinajstić information content (AvgIpc) is 3.26. The second-order valence-corrected chi connectivity index (χ2v) is 5.95. The number of hydrogen-bond donors (Lipinski definition) is 2. The van der Waals surface area contributed by atoms with Crippen molar-refractivity contribution in [3.05, 3.63) is 29.8 Å². The fourth-order valence-electron chi connectivity index (χ4n) is 2.72. The molecular weight excluding hydrogens is 250 g/mol. The van der Waals surface area contributed by atoms with Crippen molar-refractivity contribution in [2.24, 2.45) is 0 Å². The molecule has 1 aromatic rings. The number of carbonyl (C=O) groups is 1. The quantitative estimate of drug-likeness (QED) is 0.877. The maximum absolute atomic E-state index is 11.9. The second-order valence-electron chi connectivity index (χ2n) is 5.95. The Bertz CT molecular complexity index is 484. The highest BCUT2D eigenvalue weighted by Crippen LogP contribution is 2.23. The van der Waals surface area contributed by atoms with E-state index in [-0.39, 0.29) is 5.91 Å². The number of para-hydroxylation sites is 1. The minimum atomic E-state index is 0.190. The van der Waals surface area contributed by atoms with Gasteiger partial charge in [-0.15, -0.1) is 0 Å². The lowest BCUT2D eigenvalue weighted by Gasteiger charge is -2.26. The Morgan fingerprint density at radius 3 is 3.00 bits per heavy atom. The Labute approximate surface area is 120 Å².